The van der Waals surface area contributed by atoms with E-state index in [4.69, 9.17) is 0 Å². The number of sulfonamides is 1. The third kappa shape index (κ3) is 5.24. The van der Waals surface area contributed by atoms with Gasteiger partial charge in [-0.15, -0.1) is 0 Å². The number of nitrogens with one attached hydrogen (secondary N) is 1. The average molecular weight is 271 g/mol. The molecular formula is C11H17N3O3S. The molecule has 0 saturated heterocycles. The second-order valence-electron chi connectivity index (χ2n) is 3.94. The van der Waals surface area contributed by atoms with Crippen molar-refractivity contribution < 1.29 is 13.2 Å². The SMILES string of the molecule is CC(=O)NCCN(Cc1cccnc1)S(C)(=O)=O. The number of hydrogen-bond acceptors (Lipinski definition) is 4. The quantitative estimate of drug-likeness (QED) is 0.788. The first-order chi connectivity index (χ1) is 8.39. The smallest absolute Gasteiger partial charge is 0.216 e. The van der Waals surface area contributed by atoms with Crippen LogP contribution in [0.25, 0.3) is 0 Å². The molecule has 0 bridgehead atoms. The van der Waals surface area contributed by atoms with Crippen molar-refractivity contribution in [2.24, 2.45) is 0 Å². The van der Waals surface area contributed by atoms with Gasteiger partial charge >= 0.3 is 0 Å². The Morgan fingerprint density at radius 1 is 1.50 bits per heavy atom. The Kier molecular flexibility index (Phi) is 5.24. The highest BCUT2D eigenvalue weighted by atomic mass is 32.2. The maximum Gasteiger partial charge on any atom is 0.216 e. The van der Waals surface area contributed by atoms with E-state index in [1.54, 1.807) is 18.5 Å². The summed E-state index contributed by atoms with van der Waals surface area (Å²) in [5.41, 5.74) is 0.811. The van der Waals surface area contributed by atoms with Gasteiger partial charge in [-0.25, -0.2) is 8.42 Å². The summed E-state index contributed by atoms with van der Waals surface area (Å²) in [5, 5.41) is 2.57. The zero-order chi connectivity index (χ0) is 13.6. The van der Waals surface area contributed by atoms with Gasteiger partial charge < -0.3 is 5.32 Å². The second-order valence-corrected chi connectivity index (χ2v) is 5.92. The van der Waals surface area contributed by atoms with Crippen LogP contribution in [0.5, 0.6) is 0 Å². The summed E-state index contributed by atoms with van der Waals surface area (Å²) in [6.07, 6.45) is 4.40. The molecule has 1 heterocycles. The lowest BCUT2D eigenvalue weighted by Gasteiger charge is -2.19. The van der Waals surface area contributed by atoms with Crippen molar-refractivity contribution in [1.82, 2.24) is 14.6 Å². The van der Waals surface area contributed by atoms with Crippen LogP contribution < -0.4 is 5.32 Å². The Balaban J connectivity index is 2.65. The summed E-state index contributed by atoms with van der Waals surface area (Å²) in [4.78, 5) is 14.7. The third-order valence-corrected chi connectivity index (χ3v) is 3.54. The van der Waals surface area contributed by atoms with Gasteiger partial charge in [-0.3, -0.25) is 9.78 Å². The Hall–Kier alpha value is -1.47. The molecule has 0 aliphatic heterocycles. The third-order valence-electron chi connectivity index (χ3n) is 2.29. The number of nitrogens with zero attached hydrogens (tertiary/aromatic N) is 2. The molecule has 1 aromatic heterocycles. The van der Waals surface area contributed by atoms with Gasteiger partial charge in [0.25, 0.3) is 0 Å². The first-order valence-electron chi connectivity index (χ1n) is 5.48. The molecule has 0 saturated carbocycles. The van der Waals surface area contributed by atoms with Crippen LogP contribution in [-0.2, 0) is 21.4 Å². The van der Waals surface area contributed by atoms with Crippen LogP contribution in [0.4, 0.5) is 0 Å². The van der Waals surface area contributed by atoms with Crippen LogP contribution in [0.15, 0.2) is 24.5 Å². The van der Waals surface area contributed by atoms with Gasteiger partial charge in [-0.2, -0.15) is 4.31 Å². The fourth-order valence-corrected chi connectivity index (χ4v) is 2.22. The lowest BCUT2D eigenvalue weighted by atomic mass is 10.3. The molecule has 0 aliphatic carbocycles. The van der Waals surface area contributed by atoms with Gasteiger partial charge in [-0.1, -0.05) is 6.07 Å². The maximum atomic E-state index is 11.6. The van der Waals surface area contributed by atoms with Crippen molar-refractivity contribution in [1.29, 1.82) is 0 Å². The lowest BCUT2D eigenvalue weighted by Crippen LogP contribution is -2.37. The fourth-order valence-electron chi connectivity index (χ4n) is 1.41. The van der Waals surface area contributed by atoms with Gasteiger partial charge in [0.05, 0.1) is 6.26 Å². The van der Waals surface area contributed by atoms with Crippen molar-refractivity contribution in [3.05, 3.63) is 30.1 Å². The van der Waals surface area contributed by atoms with Crippen molar-refractivity contribution in [3.63, 3.8) is 0 Å². The molecule has 1 amide bonds. The van der Waals surface area contributed by atoms with Crippen molar-refractivity contribution in [2.75, 3.05) is 19.3 Å². The fraction of sp³-hybridized carbons (Fsp3) is 0.455. The molecule has 0 spiro atoms. The van der Waals surface area contributed by atoms with Crippen molar-refractivity contribution in [3.8, 4) is 0 Å². The van der Waals surface area contributed by atoms with E-state index < -0.39 is 10.0 Å². The standard InChI is InChI=1S/C11H17N3O3S/c1-10(15)13-6-7-14(18(2,16)17)9-11-4-3-5-12-8-11/h3-5,8H,6-7,9H2,1-2H3,(H,13,15). The number of rotatable bonds is 6. The summed E-state index contributed by atoms with van der Waals surface area (Å²) < 4.78 is 24.5. The van der Waals surface area contributed by atoms with Gasteiger partial charge in [0.15, 0.2) is 0 Å². The number of pyridine rings is 1. The molecule has 6 nitrogen and oxygen atoms in total. The normalized spacial score (nSPS) is 11.5. The molecule has 7 heteroatoms. The second kappa shape index (κ2) is 6.46. The summed E-state index contributed by atoms with van der Waals surface area (Å²) in [7, 11) is -3.31. The first-order valence-corrected chi connectivity index (χ1v) is 7.33. The Bertz CT molecular complexity index is 488. The molecule has 0 aliphatic rings. The maximum absolute atomic E-state index is 11.6. The summed E-state index contributed by atoms with van der Waals surface area (Å²) in [5.74, 6) is -0.176. The molecule has 100 valence electrons. The van der Waals surface area contributed by atoms with Gasteiger partial charge in [0.2, 0.25) is 15.9 Å². The minimum absolute atomic E-state index is 0.176. The minimum Gasteiger partial charge on any atom is -0.355 e. The largest absolute Gasteiger partial charge is 0.355 e. The topological polar surface area (TPSA) is 79.4 Å². The van der Waals surface area contributed by atoms with E-state index in [0.717, 1.165) is 11.8 Å². The highest BCUT2D eigenvalue weighted by Gasteiger charge is 2.16. The van der Waals surface area contributed by atoms with E-state index in [2.05, 4.69) is 10.3 Å². The number of carbonyl (C=O) groups is 1. The Morgan fingerprint density at radius 2 is 2.22 bits per heavy atom. The van der Waals surface area contributed by atoms with E-state index >= 15 is 0 Å². The predicted octanol–water partition coefficient (Wildman–Crippen LogP) is -0.0207. The molecule has 1 N–H and O–H groups in total. The van der Waals surface area contributed by atoms with E-state index in [0.29, 0.717) is 6.54 Å². The molecule has 0 atom stereocenters. The zero-order valence-electron chi connectivity index (χ0n) is 10.5. The Morgan fingerprint density at radius 3 is 2.72 bits per heavy atom. The predicted molar refractivity (Wildman–Crippen MR) is 68.2 cm³/mol. The van der Waals surface area contributed by atoms with Crippen LogP contribution in [-0.4, -0.2) is 43.0 Å². The number of amides is 1. The van der Waals surface area contributed by atoms with Crippen LogP contribution in [0, 0.1) is 0 Å². The molecule has 0 aromatic carbocycles. The van der Waals surface area contributed by atoms with Gasteiger partial charge in [-0.05, 0) is 11.6 Å². The molecule has 1 rings (SSSR count). The van der Waals surface area contributed by atoms with Gasteiger partial charge in [0.1, 0.15) is 0 Å². The zero-order valence-corrected chi connectivity index (χ0v) is 11.3. The van der Waals surface area contributed by atoms with E-state index in [1.165, 1.54) is 11.2 Å². The summed E-state index contributed by atoms with van der Waals surface area (Å²) in [6, 6.07) is 3.56. The molecular weight excluding hydrogens is 254 g/mol. The number of aromatic nitrogens is 1. The lowest BCUT2D eigenvalue weighted by molar-refractivity contribution is -0.118. The highest BCUT2D eigenvalue weighted by molar-refractivity contribution is 7.88. The number of carbonyl (C=O) groups excluding carboxylic acids is 1. The molecule has 1 aromatic rings. The van der Waals surface area contributed by atoms with Crippen LogP contribution in [0.3, 0.4) is 0 Å². The average Bonchev–Trinajstić information content (AvgIpc) is 2.27. The Labute approximate surface area is 107 Å². The monoisotopic (exact) mass is 271 g/mol. The molecule has 0 radical (unpaired) electrons. The van der Waals surface area contributed by atoms with Gasteiger partial charge in [0, 0.05) is 39.0 Å². The van der Waals surface area contributed by atoms with E-state index in [9.17, 15) is 13.2 Å². The number of hydrogen-bond donors (Lipinski definition) is 1. The molecule has 0 unspecified atom stereocenters. The van der Waals surface area contributed by atoms with E-state index in [1.807, 2.05) is 6.07 Å². The van der Waals surface area contributed by atoms with Crippen molar-refractivity contribution in [2.45, 2.75) is 13.5 Å². The molecule has 0 fully saturated rings. The van der Waals surface area contributed by atoms with Crippen LogP contribution in [0.2, 0.25) is 0 Å². The highest BCUT2D eigenvalue weighted by Crippen LogP contribution is 2.06. The van der Waals surface area contributed by atoms with Crippen LogP contribution in [0.1, 0.15) is 12.5 Å². The summed E-state index contributed by atoms with van der Waals surface area (Å²) in [6.45, 7) is 2.19. The molecule has 18 heavy (non-hydrogen) atoms. The van der Waals surface area contributed by atoms with E-state index in [-0.39, 0.29) is 19.0 Å². The minimum atomic E-state index is -3.31. The van der Waals surface area contributed by atoms with Crippen molar-refractivity contribution >= 4 is 15.9 Å². The van der Waals surface area contributed by atoms with Crippen LogP contribution >= 0.6 is 0 Å². The first kappa shape index (κ1) is 14.6. The summed E-state index contributed by atoms with van der Waals surface area (Å²) >= 11 is 0.